The third-order valence-electron chi connectivity index (χ3n) is 2.23. The molecule has 0 saturated carbocycles. The minimum atomic E-state index is -4.75. The molecule has 2 aromatic rings. The third kappa shape index (κ3) is 4.41. The lowest BCUT2D eigenvalue weighted by atomic mass is 10.3. The summed E-state index contributed by atoms with van der Waals surface area (Å²) in [6.07, 6.45) is -1.58. The van der Waals surface area contributed by atoms with Gasteiger partial charge in [0, 0.05) is 22.4 Å². The van der Waals surface area contributed by atoms with Crippen molar-refractivity contribution in [1.29, 1.82) is 0 Å². The lowest BCUT2D eigenvalue weighted by Gasteiger charge is -2.13. The molecule has 0 bridgehead atoms. The number of aromatic nitrogens is 1. The zero-order chi connectivity index (χ0) is 14.6. The summed E-state index contributed by atoms with van der Waals surface area (Å²) in [5, 5.41) is 0. The van der Waals surface area contributed by atoms with Gasteiger partial charge in [-0.2, -0.15) is 0 Å². The second kappa shape index (κ2) is 6.13. The van der Waals surface area contributed by atoms with Gasteiger partial charge in [-0.1, -0.05) is 12.1 Å². The number of rotatable bonds is 4. The van der Waals surface area contributed by atoms with Gasteiger partial charge in [-0.15, -0.1) is 13.2 Å². The molecule has 0 aliphatic carbocycles. The van der Waals surface area contributed by atoms with Crippen molar-refractivity contribution in [3.05, 3.63) is 52.8 Å². The monoisotopic (exact) mass is 347 g/mol. The van der Waals surface area contributed by atoms with E-state index in [1.807, 2.05) is 0 Å². The summed E-state index contributed by atoms with van der Waals surface area (Å²) in [5.74, 6) is -0.354. The molecule has 0 amide bonds. The fourth-order valence-corrected chi connectivity index (χ4v) is 1.89. The highest BCUT2D eigenvalue weighted by Crippen LogP contribution is 2.32. The van der Waals surface area contributed by atoms with E-state index in [1.165, 1.54) is 18.2 Å². The molecule has 7 heteroatoms. The van der Waals surface area contributed by atoms with Crippen LogP contribution in [0.4, 0.5) is 13.2 Å². The largest absolute Gasteiger partial charge is 0.573 e. The SMILES string of the molecule is FC(F)(F)Oc1ccccc1OCc1cncc(Br)c1. The molecule has 0 aliphatic heterocycles. The average molecular weight is 348 g/mol. The Bertz CT molecular complexity index is 590. The highest BCUT2D eigenvalue weighted by atomic mass is 79.9. The van der Waals surface area contributed by atoms with Gasteiger partial charge in [0.2, 0.25) is 0 Å². The molecule has 1 heterocycles. The Kier molecular flexibility index (Phi) is 4.49. The summed E-state index contributed by atoms with van der Waals surface area (Å²) in [6.45, 7) is 0.0880. The van der Waals surface area contributed by atoms with Crippen LogP contribution in [0.2, 0.25) is 0 Å². The van der Waals surface area contributed by atoms with Gasteiger partial charge in [-0.25, -0.2) is 0 Å². The number of hydrogen-bond donors (Lipinski definition) is 0. The predicted octanol–water partition coefficient (Wildman–Crippen LogP) is 4.32. The van der Waals surface area contributed by atoms with Crippen molar-refractivity contribution in [3.63, 3.8) is 0 Å². The molecule has 0 radical (unpaired) electrons. The Balaban J connectivity index is 2.09. The molecule has 0 spiro atoms. The number of benzene rings is 1. The van der Waals surface area contributed by atoms with Crippen LogP contribution in [0.1, 0.15) is 5.56 Å². The smallest absolute Gasteiger partial charge is 0.485 e. The molecule has 0 aliphatic rings. The number of ether oxygens (including phenoxy) is 2. The summed E-state index contributed by atoms with van der Waals surface area (Å²) in [4.78, 5) is 3.94. The predicted molar refractivity (Wildman–Crippen MR) is 69.4 cm³/mol. The molecule has 0 atom stereocenters. The Morgan fingerprint density at radius 2 is 1.80 bits per heavy atom. The van der Waals surface area contributed by atoms with Gasteiger partial charge in [0.1, 0.15) is 6.61 Å². The van der Waals surface area contributed by atoms with Crippen molar-refractivity contribution < 1.29 is 22.6 Å². The van der Waals surface area contributed by atoms with Crippen LogP contribution in [-0.2, 0) is 6.61 Å². The fraction of sp³-hybridized carbons (Fsp3) is 0.154. The first kappa shape index (κ1) is 14.6. The summed E-state index contributed by atoms with van der Waals surface area (Å²) < 4.78 is 46.7. The molecule has 1 aromatic carbocycles. The normalized spacial score (nSPS) is 11.2. The average Bonchev–Trinajstić information content (AvgIpc) is 2.36. The van der Waals surface area contributed by atoms with Crippen LogP contribution in [0.25, 0.3) is 0 Å². The minimum absolute atomic E-state index is 0.0183. The number of alkyl halides is 3. The van der Waals surface area contributed by atoms with E-state index in [2.05, 4.69) is 25.7 Å². The highest BCUT2D eigenvalue weighted by Gasteiger charge is 2.32. The molecule has 0 N–H and O–H groups in total. The topological polar surface area (TPSA) is 31.4 Å². The number of halogens is 4. The van der Waals surface area contributed by atoms with E-state index in [0.29, 0.717) is 0 Å². The van der Waals surface area contributed by atoms with Gasteiger partial charge in [0.15, 0.2) is 11.5 Å². The Morgan fingerprint density at radius 1 is 1.10 bits per heavy atom. The third-order valence-corrected chi connectivity index (χ3v) is 2.66. The molecule has 20 heavy (non-hydrogen) atoms. The summed E-state index contributed by atoms with van der Waals surface area (Å²) in [7, 11) is 0. The van der Waals surface area contributed by atoms with Gasteiger partial charge in [0.05, 0.1) is 0 Å². The number of hydrogen-bond acceptors (Lipinski definition) is 3. The lowest BCUT2D eigenvalue weighted by Crippen LogP contribution is -2.17. The first-order valence-electron chi connectivity index (χ1n) is 5.51. The molecule has 1 aromatic heterocycles. The van der Waals surface area contributed by atoms with E-state index in [4.69, 9.17) is 4.74 Å². The molecule has 106 valence electrons. The second-order valence-electron chi connectivity index (χ2n) is 3.79. The quantitative estimate of drug-likeness (QED) is 0.825. The highest BCUT2D eigenvalue weighted by molar-refractivity contribution is 9.10. The van der Waals surface area contributed by atoms with Gasteiger partial charge in [0.25, 0.3) is 0 Å². The van der Waals surface area contributed by atoms with Crippen LogP contribution in [0.3, 0.4) is 0 Å². The van der Waals surface area contributed by atoms with E-state index in [9.17, 15) is 13.2 Å². The number of para-hydroxylation sites is 2. The first-order chi connectivity index (χ1) is 9.44. The van der Waals surface area contributed by atoms with E-state index in [1.54, 1.807) is 24.5 Å². The Hall–Kier alpha value is -1.76. The first-order valence-corrected chi connectivity index (χ1v) is 6.30. The summed E-state index contributed by atoms with van der Waals surface area (Å²) in [5.41, 5.74) is 0.723. The van der Waals surface area contributed by atoms with Crippen LogP contribution >= 0.6 is 15.9 Å². The van der Waals surface area contributed by atoms with E-state index >= 15 is 0 Å². The molecule has 0 saturated heterocycles. The Labute approximate surface area is 121 Å². The molecule has 2 rings (SSSR count). The van der Waals surface area contributed by atoms with E-state index in [0.717, 1.165) is 10.0 Å². The maximum Gasteiger partial charge on any atom is 0.573 e. The second-order valence-corrected chi connectivity index (χ2v) is 4.71. The van der Waals surface area contributed by atoms with E-state index in [-0.39, 0.29) is 18.1 Å². The maximum atomic E-state index is 12.2. The van der Waals surface area contributed by atoms with Crippen LogP contribution in [0.15, 0.2) is 47.2 Å². The van der Waals surface area contributed by atoms with E-state index < -0.39 is 6.36 Å². The van der Waals surface area contributed by atoms with Crippen molar-refractivity contribution in [3.8, 4) is 11.5 Å². The number of pyridine rings is 1. The maximum absolute atomic E-state index is 12.2. The van der Waals surface area contributed by atoms with Gasteiger partial charge >= 0.3 is 6.36 Å². The van der Waals surface area contributed by atoms with Crippen molar-refractivity contribution in [1.82, 2.24) is 4.98 Å². The van der Waals surface area contributed by atoms with Crippen LogP contribution < -0.4 is 9.47 Å². The summed E-state index contributed by atoms with van der Waals surface area (Å²) in [6, 6.07) is 7.38. The van der Waals surface area contributed by atoms with Crippen LogP contribution in [0.5, 0.6) is 11.5 Å². The molecular formula is C13H9BrF3NO2. The zero-order valence-corrected chi connectivity index (χ0v) is 11.6. The lowest BCUT2D eigenvalue weighted by molar-refractivity contribution is -0.275. The standard InChI is InChI=1S/C13H9BrF3NO2/c14-10-5-9(6-18-7-10)8-19-11-3-1-2-4-12(11)20-13(15,16)17/h1-7H,8H2. The minimum Gasteiger partial charge on any atom is -0.485 e. The van der Waals surface area contributed by atoms with Crippen molar-refractivity contribution in [2.24, 2.45) is 0 Å². The molecule has 0 unspecified atom stereocenters. The van der Waals surface area contributed by atoms with Crippen molar-refractivity contribution >= 4 is 15.9 Å². The van der Waals surface area contributed by atoms with Crippen molar-refractivity contribution in [2.75, 3.05) is 0 Å². The van der Waals surface area contributed by atoms with Gasteiger partial charge in [-0.3, -0.25) is 4.98 Å². The summed E-state index contributed by atoms with van der Waals surface area (Å²) >= 11 is 3.25. The molecule has 0 fully saturated rings. The molecule has 3 nitrogen and oxygen atoms in total. The van der Waals surface area contributed by atoms with Crippen LogP contribution in [0, 0.1) is 0 Å². The Morgan fingerprint density at radius 3 is 2.45 bits per heavy atom. The van der Waals surface area contributed by atoms with Gasteiger partial charge < -0.3 is 9.47 Å². The molecular weight excluding hydrogens is 339 g/mol. The fourth-order valence-electron chi connectivity index (χ4n) is 1.47. The number of nitrogens with zero attached hydrogens (tertiary/aromatic N) is 1. The zero-order valence-electron chi connectivity index (χ0n) is 10.0. The van der Waals surface area contributed by atoms with Gasteiger partial charge in [-0.05, 0) is 34.1 Å². The van der Waals surface area contributed by atoms with Crippen molar-refractivity contribution in [2.45, 2.75) is 13.0 Å². The van der Waals surface area contributed by atoms with Crippen LogP contribution in [-0.4, -0.2) is 11.3 Å².